The number of hydrogen-bond donors (Lipinski definition) is 1. The Balaban J connectivity index is 1.45. The molecule has 5 nitrogen and oxygen atoms in total. The van der Waals surface area contributed by atoms with Crippen molar-refractivity contribution in [3.63, 3.8) is 0 Å². The molecule has 0 saturated carbocycles. The number of nitrogens with one attached hydrogen (secondary N) is 1. The number of fused-ring (bicyclic) bond motifs is 1. The van der Waals surface area contributed by atoms with Crippen LogP contribution in [0.1, 0.15) is 45.2 Å². The summed E-state index contributed by atoms with van der Waals surface area (Å²) in [5.41, 5.74) is 1.39. The SMILES string of the molecule is O=C(NCCCc1nc2c(s1)CCCC2)c1cnc(OCC(F)(F)F)c(Cl)c1. The number of nitrogens with zero attached hydrogens (tertiary/aromatic N) is 2. The van der Waals surface area contributed by atoms with Crippen molar-refractivity contribution in [1.29, 1.82) is 0 Å². The van der Waals surface area contributed by atoms with Crippen LogP contribution in [0.3, 0.4) is 0 Å². The van der Waals surface area contributed by atoms with Gasteiger partial charge in [0.25, 0.3) is 5.91 Å². The molecule has 0 atom stereocenters. The van der Waals surface area contributed by atoms with Gasteiger partial charge in [-0.2, -0.15) is 13.2 Å². The monoisotopic (exact) mass is 433 g/mol. The molecule has 10 heteroatoms. The highest BCUT2D eigenvalue weighted by molar-refractivity contribution is 7.11. The van der Waals surface area contributed by atoms with E-state index in [9.17, 15) is 18.0 Å². The van der Waals surface area contributed by atoms with E-state index in [0.29, 0.717) is 6.54 Å². The number of amides is 1. The molecule has 1 aliphatic carbocycles. The lowest BCUT2D eigenvalue weighted by atomic mass is 10.0. The molecular formula is C18H19ClF3N3O2S. The van der Waals surface area contributed by atoms with Gasteiger partial charge in [0.2, 0.25) is 5.88 Å². The second kappa shape index (κ2) is 9.09. The predicted molar refractivity (Wildman–Crippen MR) is 100 cm³/mol. The fraction of sp³-hybridized carbons (Fsp3) is 0.500. The summed E-state index contributed by atoms with van der Waals surface area (Å²) in [6, 6.07) is 1.24. The Morgan fingerprint density at radius 3 is 2.82 bits per heavy atom. The number of carbonyl (C=O) groups excluding carboxylic acids is 1. The third-order valence-electron chi connectivity index (χ3n) is 4.19. The van der Waals surface area contributed by atoms with Crippen LogP contribution in [0, 0.1) is 0 Å². The average Bonchev–Trinajstić information content (AvgIpc) is 3.06. The number of pyridine rings is 1. The highest BCUT2D eigenvalue weighted by atomic mass is 35.5. The Hall–Kier alpha value is -1.87. The van der Waals surface area contributed by atoms with Crippen molar-refractivity contribution in [3.05, 3.63) is 38.4 Å². The first-order valence-electron chi connectivity index (χ1n) is 8.92. The minimum atomic E-state index is -4.49. The van der Waals surface area contributed by atoms with Crippen LogP contribution in [0.2, 0.25) is 5.02 Å². The largest absolute Gasteiger partial charge is 0.467 e. The standard InChI is InChI=1S/C18H19ClF3N3O2S/c19-12-8-11(9-24-17(12)27-10-18(20,21)22)16(26)23-7-3-6-15-25-13-4-1-2-5-14(13)28-15/h8-9H,1-7,10H2,(H,23,26). The zero-order valence-electron chi connectivity index (χ0n) is 14.9. The molecule has 3 rings (SSSR count). The molecule has 1 N–H and O–H groups in total. The van der Waals surface area contributed by atoms with Gasteiger partial charge in [0, 0.05) is 24.0 Å². The van der Waals surface area contributed by atoms with Gasteiger partial charge in [0.15, 0.2) is 6.61 Å². The minimum Gasteiger partial charge on any atom is -0.467 e. The number of alkyl halides is 3. The first-order chi connectivity index (χ1) is 13.3. The lowest BCUT2D eigenvalue weighted by molar-refractivity contribution is -0.154. The summed E-state index contributed by atoms with van der Waals surface area (Å²) in [5, 5.41) is 3.70. The number of halogens is 4. The van der Waals surface area contributed by atoms with Gasteiger partial charge >= 0.3 is 6.18 Å². The number of thiazole rings is 1. The second-order valence-corrected chi connectivity index (χ2v) is 8.03. The van der Waals surface area contributed by atoms with Gasteiger partial charge in [0.05, 0.1) is 16.3 Å². The molecule has 0 bridgehead atoms. The molecule has 0 fully saturated rings. The number of ether oxygens (including phenoxy) is 1. The fourth-order valence-electron chi connectivity index (χ4n) is 2.86. The third-order valence-corrected chi connectivity index (χ3v) is 5.67. The molecule has 0 spiro atoms. The van der Waals surface area contributed by atoms with Gasteiger partial charge in [-0.3, -0.25) is 4.79 Å². The van der Waals surface area contributed by atoms with Crippen LogP contribution in [0.5, 0.6) is 5.88 Å². The second-order valence-electron chi connectivity index (χ2n) is 6.46. The van der Waals surface area contributed by atoms with E-state index >= 15 is 0 Å². The maximum atomic E-state index is 12.2. The van der Waals surface area contributed by atoms with Crippen molar-refractivity contribution >= 4 is 28.8 Å². The van der Waals surface area contributed by atoms with Crippen LogP contribution < -0.4 is 10.1 Å². The van der Waals surface area contributed by atoms with Gasteiger partial charge < -0.3 is 10.1 Å². The Morgan fingerprint density at radius 2 is 2.11 bits per heavy atom. The number of rotatable bonds is 7. The van der Waals surface area contributed by atoms with Crippen molar-refractivity contribution in [1.82, 2.24) is 15.3 Å². The van der Waals surface area contributed by atoms with Crippen molar-refractivity contribution in [2.45, 2.75) is 44.7 Å². The smallest absolute Gasteiger partial charge is 0.422 e. The van der Waals surface area contributed by atoms with Gasteiger partial charge in [-0.15, -0.1) is 11.3 Å². The lowest BCUT2D eigenvalue weighted by Crippen LogP contribution is -2.25. The van der Waals surface area contributed by atoms with Gasteiger partial charge in [-0.1, -0.05) is 11.6 Å². The molecule has 0 saturated heterocycles. The van der Waals surface area contributed by atoms with E-state index in [1.165, 1.54) is 29.5 Å². The molecule has 1 aliphatic rings. The highest BCUT2D eigenvalue weighted by Crippen LogP contribution is 2.27. The van der Waals surface area contributed by atoms with E-state index < -0.39 is 18.7 Å². The summed E-state index contributed by atoms with van der Waals surface area (Å²) in [7, 11) is 0. The van der Waals surface area contributed by atoms with Crippen LogP contribution in [0.25, 0.3) is 0 Å². The minimum absolute atomic E-state index is 0.148. The molecule has 28 heavy (non-hydrogen) atoms. The predicted octanol–water partition coefficient (Wildman–Crippen LogP) is 4.37. The molecule has 0 unspecified atom stereocenters. The summed E-state index contributed by atoms with van der Waals surface area (Å²) in [6.45, 7) is -1.04. The van der Waals surface area contributed by atoms with E-state index in [1.807, 2.05) is 0 Å². The molecule has 2 aromatic heterocycles. The molecule has 0 aromatic carbocycles. The van der Waals surface area contributed by atoms with E-state index in [2.05, 4.69) is 20.0 Å². The molecule has 2 heterocycles. The first-order valence-corrected chi connectivity index (χ1v) is 10.1. The van der Waals surface area contributed by atoms with Crippen LogP contribution in [0.4, 0.5) is 13.2 Å². The van der Waals surface area contributed by atoms with Crippen LogP contribution in [0.15, 0.2) is 12.3 Å². The average molecular weight is 434 g/mol. The molecule has 152 valence electrons. The van der Waals surface area contributed by atoms with Gasteiger partial charge in [-0.05, 0) is 38.2 Å². The van der Waals surface area contributed by atoms with Crippen molar-refractivity contribution in [2.24, 2.45) is 0 Å². The quantitative estimate of drug-likeness (QED) is 0.658. The highest BCUT2D eigenvalue weighted by Gasteiger charge is 2.29. The number of hydrogen-bond acceptors (Lipinski definition) is 5. The normalized spacial score (nSPS) is 13.9. The third kappa shape index (κ3) is 5.81. The van der Waals surface area contributed by atoms with Crippen molar-refractivity contribution in [3.8, 4) is 5.88 Å². The zero-order valence-corrected chi connectivity index (χ0v) is 16.5. The summed E-state index contributed by atoms with van der Waals surface area (Å²) in [5.74, 6) is -0.751. The maximum absolute atomic E-state index is 12.2. The van der Waals surface area contributed by atoms with Crippen molar-refractivity contribution < 1.29 is 22.7 Å². The Labute approximate surface area is 169 Å². The van der Waals surface area contributed by atoms with E-state index in [0.717, 1.165) is 36.9 Å². The Morgan fingerprint density at radius 1 is 1.32 bits per heavy atom. The maximum Gasteiger partial charge on any atom is 0.422 e. The topological polar surface area (TPSA) is 64.1 Å². The first kappa shape index (κ1) is 20.9. The summed E-state index contributed by atoms with van der Waals surface area (Å²) in [6.07, 6.45) is 2.77. The number of carbonyl (C=O) groups is 1. The Kier molecular flexibility index (Phi) is 6.77. The number of aromatic nitrogens is 2. The van der Waals surface area contributed by atoms with Crippen LogP contribution in [-0.4, -0.2) is 35.2 Å². The summed E-state index contributed by atoms with van der Waals surface area (Å²) >= 11 is 7.61. The Bertz CT molecular complexity index is 818. The molecule has 1 amide bonds. The van der Waals surface area contributed by atoms with E-state index in [4.69, 9.17) is 11.6 Å². The molecule has 2 aromatic rings. The van der Waals surface area contributed by atoms with Crippen LogP contribution >= 0.6 is 22.9 Å². The molecule has 0 radical (unpaired) electrons. The van der Waals surface area contributed by atoms with E-state index in [-0.39, 0.29) is 16.5 Å². The fourth-order valence-corrected chi connectivity index (χ4v) is 4.28. The van der Waals surface area contributed by atoms with Crippen molar-refractivity contribution in [2.75, 3.05) is 13.2 Å². The molecular weight excluding hydrogens is 415 g/mol. The van der Waals surface area contributed by atoms with E-state index in [1.54, 1.807) is 11.3 Å². The summed E-state index contributed by atoms with van der Waals surface area (Å²) in [4.78, 5) is 21.9. The van der Waals surface area contributed by atoms with Crippen LogP contribution in [-0.2, 0) is 19.3 Å². The molecule has 0 aliphatic heterocycles. The van der Waals surface area contributed by atoms with Gasteiger partial charge in [-0.25, -0.2) is 9.97 Å². The lowest BCUT2D eigenvalue weighted by Gasteiger charge is -2.10. The summed E-state index contributed by atoms with van der Waals surface area (Å²) < 4.78 is 41.1. The number of aryl methyl sites for hydroxylation is 3. The van der Waals surface area contributed by atoms with Gasteiger partial charge in [0.1, 0.15) is 5.02 Å². The zero-order chi connectivity index (χ0) is 20.1.